The third kappa shape index (κ3) is 19.4. The van der Waals surface area contributed by atoms with E-state index in [1.807, 2.05) is 6.07 Å². The zero-order valence-electron chi connectivity index (χ0n) is 26.4. The van der Waals surface area contributed by atoms with Crippen LogP contribution in [0.4, 0.5) is 33.6 Å². The van der Waals surface area contributed by atoms with Crippen LogP contribution in [0, 0.1) is 0 Å². The molecule has 5 atom stereocenters. The number of unbranched alkanes of at least 4 members (excludes halogenated alkanes) is 4. The van der Waals surface area contributed by atoms with Gasteiger partial charge in [0.1, 0.15) is 42.9 Å². The summed E-state index contributed by atoms with van der Waals surface area (Å²) in [6, 6.07) is 6.69. The number of nitrogens with two attached hydrogens (primary N) is 6. The summed E-state index contributed by atoms with van der Waals surface area (Å²) in [5.41, 5.74) is 31.8. The summed E-state index contributed by atoms with van der Waals surface area (Å²) in [6.07, 6.45) is -13.8. The molecule has 274 valence electrons. The molecule has 1 rings (SSSR count). The van der Waals surface area contributed by atoms with Gasteiger partial charge in [-0.1, -0.05) is 31.4 Å². The molecule has 0 heterocycles. The zero-order chi connectivity index (χ0) is 36.9. The number of primary amides is 6. The standard InChI is InChI=1S/C28H42N6O15/c29-22(35)43-14-17(44-23(30)36)12-19(47-25(32)38)21(49-27(34)40)13-20(48-26(33)39)18(46-24(31)37)10-5-3-1-2-4-7-15-8-6-9-16(11-15)45-28(41)42/h6,8-9,11,17-21H,1-5,7,10,12-14H2,(H2,29,35)(H2,30,36)(H2,31,37)(H2,32,38)(H2,33,39)(H2,34,40)(H,41,42). The highest BCUT2D eigenvalue weighted by Gasteiger charge is 2.38. The number of carbonyl (C=O) groups excluding carboxylic acids is 6. The summed E-state index contributed by atoms with van der Waals surface area (Å²) in [4.78, 5) is 80.5. The fourth-order valence-corrected chi connectivity index (χ4v) is 4.79. The fraction of sp³-hybridized carbons (Fsp3) is 0.536. The quantitative estimate of drug-likeness (QED) is 0.0392. The van der Waals surface area contributed by atoms with Crippen molar-refractivity contribution in [3.63, 3.8) is 0 Å². The molecule has 0 aliphatic carbocycles. The number of benzene rings is 1. The van der Waals surface area contributed by atoms with E-state index in [0.29, 0.717) is 19.3 Å². The van der Waals surface area contributed by atoms with Gasteiger partial charge < -0.3 is 72.7 Å². The van der Waals surface area contributed by atoms with Gasteiger partial charge in [-0.3, -0.25) is 0 Å². The van der Waals surface area contributed by atoms with Crippen LogP contribution >= 0.6 is 0 Å². The van der Waals surface area contributed by atoms with E-state index in [-0.39, 0.29) is 12.2 Å². The van der Waals surface area contributed by atoms with Gasteiger partial charge in [0, 0.05) is 12.8 Å². The van der Waals surface area contributed by atoms with Crippen LogP contribution in [-0.4, -0.2) is 84.9 Å². The van der Waals surface area contributed by atoms with Crippen molar-refractivity contribution in [3.8, 4) is 5.75 Å². The third-order valence-electron chi connectivity index (χ3n) is 6.61. The van der Waals surface area contributed by atoms with E-state index in [2.05, 4.69) is 9.47 Å². The molecule has 49 heavy (non-hydrogen) atoms. The first kappa shape index (κ1) is 41.1. The normalized spacial score (nSPS) is 13.6. The van der Waals surface area contributed by atoms with Crippen LogP contribution in [0.2, 0.25) is 0 Å². The smallest absolute Gasteiger partial charge is 0.449 e. The Labute approximate surface area is 279 Å². The molecule has 0 aliphatic rings. The molecule has 1 aromatic carbocycles. The monoisotopic (exact) mass is 702 g/mol. The van der Waals surface area contributed by atoms with Crippen molar-refractivity contribution in [2.75, 3.05) is 6.61 Å². The van der Waals surface area contributed by atoms with Crippen molar-refractivity contribution >= 4 is 42.7 Å². The molecule has 0 aliphatic heterocycles. The van der Waals surface area contributed by atoms with E-state index in [1.54, 1.807) is 12.1 Å². The Morgan fingerprint density at radius 1 is 0.592 bits per heavy atom. The number of aryl methyl sites for hydroxylation is 1. The Kier molecular flexibility index (Phi) is 18.3. The number of carbonyl (C=O) groups is 7. The summed E-state index contributed by atoms with van der Waals surface area (Å²) < 4.78 is 34.7. The van der Waals surface area contributed by atoms with Gasteiger partial charge in [-0.2, -0.15) is 0 Å². The number of ether oxygens (including phenoxy) is 7. The molecule has 0 saturated carbocycles. The molecule has 13 N–H and O–H groups in total. The number of amides is 6. The first-order valence-corrected chi connectivity index (χ1v) is 14.8. The van der Waals surface area contributed by atoms with E-state index >= 15 is 0 Å². The SMILES string of the molecule is NC(=O)OCC(CC(OC(N)=O)C(CC(OC(N)=O)C(CCCCCCCc1cccc(OC(=O)O)c1)OC(N)=O)OC(N)=O)OC(N)=O. The average Bonchev–Trinajstić information content (AvgIpc) is 2.96. The summed E-state index contributed by atoms with van der Waals surface area (Å²) in [7, 11) is 0. The number of rotatable bonds is 22. The molecule has 6 amide bonds. The Morgan fingerprint density at radius 3 is 1.61 bits per heavy atom. The Hall–Kier alpha value is -5.89. The second kappa shape index (κ2) is 21.8. The van der Waals surface area contributed by atoms with Crippen LogP contribution in [0.3, 0.4) is 0 Å². The van der Waals surface area contributed by atoms with Crippen molar-refractivity contribution in [1.29, 1.82) is 0 Å². The fourth-order valence-electron chi connectivity index (χ4n) is 4.79. The molecule has 0 fully saturated rings. The number of hydrogen-bond acceptors (Lipinski definition) is 14. The largest absolute Gasteiger partial charge is 0.511 e. The minimum absolute atomic E-state index is 0.0694. The van der Waals surface area contributed by atoms with Crippen LogP contribution in [0.5, 0.6) is 5.75 Å². The van der Waals surface area contributed by atoms with Gasteiger partial charge in [0.15, 0.2) is 0 Å². The molecule has 0 aromatic heterocycles. The molecule has 0 saturated heterocycles. The van der Waals surface area contributed by atoms with Gasteiger partial charge in [0.2, 0.25) is 0 Å². The van der Waals surface area contributed by atoms with Crippen LogP contribution < -0.4 is 39.1 Å². The molecule has 1 aromatic rings. The van der Waals surface area contributed by atoms with Crippen molar-refractivity contribution in [3.05, 3.63) is 29.8 Å². The van der Waals surface area contributed by atoms with Crippen LogP contribution in [0.25, 0.3) is 0 Å². The Bertz CT molecular complexity index is 1280. The van der Waals surface area contributed by atoms with Gasteiger partial charge >= 0.3 is 42.7 Å². The molecule has 21 heteroatoms. The van der Waals surface area contributed by atoms with Crippen molar-refractivity contribution in [2.45, 2.75) is 88.3 Å². The average molecular weight is 703 g/mol. The second-order valence-corrected chi connectivity index (χ2v) is 10.4. The summed E-state index contributed by atoms with van der Waals surface area (Å²) >= 11 is 0. The van der Waals surface area contributed by atoms with Gasteiger partial charge in [-0.25, -0.2) is 33.6 Å². The maximum absolute atomic E-state index is 11.9. The molecular formula is C28H42N6O15. The lowest BCUT2D eigenvalue weighted by Crippen LogP contribution is -2.47. The highest BCUT2D eigenvalue weighted by Crippen LogP contribution is 2.25. The minimum Gasteiger partial charge on any atom is -0.449 e. The predicted octanol–water partition coefficient (Wildman–Crippen LogP) is 1.82. The topological polar surface area (TPSA) is 360 Å². The Balaban J connectivity index is 3.04. The lowest BCUT2D eigenvalue weighted by molar-refractivity contribution is -0.0736. The maximum Gasteiger partial charge on any atom is 0.511 e. The van der Waals surface area contributed by atoms with Crippen molar-refractivity contribution < 1.29 is 71.8 Å². The van der Waals surface area contributed by atoms with Gasteiger partial charge in [-0.15, -0.1) is 0 Å². The minimum atomic E-state index is -1.62. The second-order valence-electron chi connectivity index (χ2n) is 10.4. The Morgan fingerprint density at radius 2 is 1.08 bits per heavy atom. The first-order valence-electron chi connectivity index (χ1n) is 14.8. The van der Waals surface area contributed by atoms with Gasteiger partial charge in [0.05, 0.1) is 0 Å². The third-order valence-corrected chi connectivity index (χ3v) is 6.61. The zero-order valence-corrected chi connectivity index (χ0v) is 26.4. The van der Waals surface area contributed by atoms with E-state index in [4.69, 9.17) is 63.2 Å². The number of hydrogen-bond donors (Lipinski definition) is 7. The maximum atomic E-state index is 11.9. The molecular weight excluding hydrogens is 660 g/mol. The van der Waals surface area contributed by atoms with E-state index < -0.39 is 92.7 Å². The number of carboxylic acid groups (broad SMARTS) is 1. The van der Waals surface area contributed by atoms with E-state index in [9.17, 15) is 33.6 Å². The molecule has 0 bridgehead atoms. The summed E-state index contributed by atoms with van der Waals surface area (Å²) in [5, 5.41) is 8.77. The molecule has 0 radical (unpaired) electrons. The summed E-state index contributed by atoms with van der Waals surface area (Å²) in [5.74, 6) is 0.213. The van der Waals surface area contributed by atoms with E-state index in [0.717, 1.165) is 24.8 Å². The first-order chi connectivity index (χ1) is 23.0. The highest BCUT2D eigenvalue weighted by molar-refractivity contribution is 5.67. The van der Waals surface area contributed by atoms with Crippen molar-refractivity contribution in [1.82, 2.24) is 0 Å². The predicted molar refractivity (Wildman–Crippen MR) is 164 cm³/mol. The molecule has 5 unspecified atom stereocenters. The summed E-state index contributed by atoms with van der Waals surface area (Å²) in [6.45, 7) is -0.680. The van der Waals surface area contributed by atoms with E-state index in [1.165, 1.54) is 6.07 Å². The van der Waals surface area contributed by atoms with Crippen molar-refractivity contribution in [2.24, 2.45) is 34.4 Å². The van der Waals surface area contributed by atoms with Gasteiger partial charge in [-0.05, 0) is 43.4 Å². The molecule has 0 spiro atoms. The van der Waals surface area contributed by atoms with Crippen LogP contribution in [0.15, 0.2) is 24.3 Å². The highest BCUT2D eigenvalue weighted by atomic mass is 16.7. The lowest BCUT2D eigenvalue weighted by atomic mass is 9.95. The van der Waals surface area contributed by atoms with Gasteiger partial charge in [0.25, 0.3) is 0 Å². The lowest BCUT2D eigenvalue weighted by Gasteiger charge is -2.32. The molecule has 21 nitrogen and oxygen atoms in total. The van der Waals surface area contributed by atoms with Crippen LogP contribution in [0.1, 0.15) is 56.9 Å². The van der Waals surface area contributed by atoms with Crippen LogP contribution in [-0.2, 0) is 34.8 Å².